The molecule has 2 aromatic rings. The molecule has 0 amide bonds. The van der Waals surface area contributed by atoms with Gasteiger partial charge >= 0.3 is 0 Å². The Balaban J connectivity index is 2.18. The molecule has 17 heavy (non-hydrogen) atoms. The minimum atomic E-state index is 0.466. The van der Waals surface area contributed by atoms with Crippen molar-refractivity contribution >= 4 is 5.52 Å². The maximum atomic E-state index is 4.57. The molecule has 3 heterocycles. The Bertz CT molecular complexity index is 521. The van der Waals surface area contributed by atoms with Crippen molar-refractivity contribution in [2.45, 2.75) is 32.1 Å². The van der Waals surface area contributed by atoms with Gasteiger partial charge in [0, 0.05) is 24.1 Å². The summed E-state index contributed by atoms with van der Waals surface area (Å²) in [5.41, 5.74) is 2.63. The first kappa shape index (κ1) is 10.8. The average Bonchev–Trinajstić information content (AvgIpc) is 2.97. The summed E-state index contributed by atoms with van der Waals surface area (Å²) in [5, 5.41) is 3.44. The van der Waals surface area contributed by atoms with Crippen LogP contribution >= 0.6 is 0 Å². The maximum absolute atomic E-state index is 4.57. The number of nitrogens with zero attached hydrogens (tertiary/aromatic N) is 2. The van der Waals surface area contributed by atoms with Crippen molar-refractivity contribution in [1.82, 2.24) is 14.7 Å². The minimum absolute atomic E-state index is 0.466. The maximum Gasteiger partial charge on any atom is 0.116 e. The molecule has 1 fully saturated rings. The second kappa shape index (κ2) is 4.15. The van der Waals surface area contributed by atoms with Gasteiger partial charge in [-0.25, -0.2) is 4.98 Å². The van der Waals surface area contributed by atoms with Crippen LogP contribution in [0.1, 0.15) is 43.6 Å². The van der Waals surface area contributed by atoms with Crippen molar-refractivity contribution in [3.05, 3.63) is 35.9 Å². The van der Waals surface area contributed by atoms with Gasteiger partial charge in [0.05, 0.1) is 11.7 Å². The fraction of sp³-hybridized carbons (Fsp3) is 0.500. The van der Waals surface area contributed by atoms with Crippen LogP contribution in [0, 0.1) is 0 Å². The van der Waals surface area contributed by atoms with E-state index >= 15 is 0 Å². The van der Waals surface area contributed by atoms with Crippen molar-refractivity contribution in [3.63, 3.8) is 0 Å². The third kappa shape index (κ3) is 1.75. The van der Waals surface area contributed by atoms with Crippen LogP contribution in [-0.2, 0) is 0 Å². The fourth-order valence-electron chi connectivity index (χ4n) is 2.73. The van der Waals surface area contributed by atoms with Crippen molar-refractivity contribution in [1.29, 1.82) is 0 Å². The van der Waals surface area contributed by atoms with Gasteiger partial charge in [-0.05, 0) is 25.1 Å². The summed E-state index contributed by atoms with van der Waals surface area (Å²) in [4.78, 5) is 4.57. The first-order valence-corrected chi connectivity index (χ1v) is 6.44. The average molecular weight is 229 g/mol. The molecule has 3 heteroatoms. The molecule has 2 aromatic heterocycles. The Morgan fingerprint density at radius 3 is 3.00 bits per heavy atom. The van der Waals surface area contributed by atoms with Gasteiger partial charge in [0.2, 0.25) is 0 Å². The van der Waals surface area contributed by atoms with Crippen LogP contribution in [0.2, 0.25) is 0 Å². The smallest absolute Gasteiger partial charge is 0.116 e. The third-order valence-corrected chi connectivity index (χ3v) is 3.60. The van der Waals surface area contributed by atoms with Crippen LogP contribution in [0.5, 0.6) is 0 Å². The zero-order chi connectivity index (χ0) is 11.8. The zero-order valence-corrected chi connectivity index (χ0v) is 10.5. The summed E-state index contributed by atoms with van der Waals surface area (Å²) in [6.07, 6.45) is 3.22. The number of hydrogen-bond acceptors (Lipinski definition) is 2. The van der Waals surface area contributed by atoms with Crippen LogP contribution in [-0.4, -0.2) is 22.5 Å². The molecule has 1 atom stereocenters. The Hall–Kier alpha value is -1.35. The molecule has 3 nitrogen and oxygen atoms in total. The van der Waals surface area contributed by atoms with Gasteiger partial charge < -0.3 is 9.72 Å². The highest BCUT2D eigenvalue weighted by Gasteiger charge is 2.21. The molecule has 3 rings (SSSR count). The molecule has 0 saturated carbocycles. The van der Waals surface area contributed by atoms with E-state index in [2.05, 4.69) is 46.7 Å². The van der Waals surface area contributed by atoms with E-state index in [1.807, 2.05) is 6.20 Å². The molecular weight excluding hydrogens is 210 g/mol. The van der Waals surface area contributed by atoms with E-state index in [-0.39, 0.29) is 0 Å². The lowest BCUT2D eigenvalue weighted by molar-refractivity contribution is 0.686. The molecule has 1 unspecified atom stereocenters. The summed E-state index contributed by atoms with van der Waals surface area (Å²) in [6.45, 7) is 6.64. The number of aromatic nitrogens is 2. The van der Waals surface area contributed by atoms with E-state index in [0.29, 0.717) is 11.8 Å². The predicted octanol–water partition coefficient (Wildman–Crippen LogP) is 2.53. The lowest BCUT2D eigenvalue weighted by Gasteiger charge is -2.15. The number of fused-ring (bicyclic) bond motifs is 1. The quantitative estimate of drug-likeness (QED) is 0.857. The van der Waals surface area contributed by atoms with Crippen LogP contribution in [0.4, 0.5) is 0 Å². The summed E-state index contributed by atoms with van der Waals surface area (Å²) in [6, 6.07) is 6.54. The second-order valence-electron chi connectivity index (χ2n) is 5.17. The highest BCUT2D eigenvalue weighted by atomic mass is 15.0. The molecule has 90 valence electrons. The molecule has 0 aromatic carbocycles. The Kier molecular flexibility index (Phi) is 2.63. The lowest BCUT2D eigenvalue weighted by atomic mass is 10.0. The Morgan fingerprint density at radius 2 is 2.29 bits per heavy atom. The molecule has 1 saturated heterocycles. The van der Waals surface area contributed by atoms with Gasteiger partial charge in [0.1, 0.15) is 5.82 Å². The first-order chi connectivity index (χ1) is 8.27. The van der Waals surface area contributed by atoms with Gasteiger partial charge in [-0.2, -0.15) is 0 Å². The monoisotopic (exact) mass is 229 g/mol. The van der Waals surface area contributed by atoms with Crippen LogP contribution in [0.15, 0.2) is 24.4 Å². The van der Waals surface area contributed by atoms with Gasteiger partial charge in [0.15, 0.2) is 0 Å². The first-order valence-electron chi connectivity index (χ1n) is 6.44. The second-order valence-corrected chi connectivity index (χ2v) is 5.17. The van der Waals surface area contributed by atoms with Gasteiger partial charge in [0.25, 0.3) is 0 Å². The van der Waals surface area contributed by atoms with E-state index in [9.17, 15) is 0 Å². The number of rotatable bonds is 2. The summed E-state index contributed by atoms with van der Waals surface area (Å²) < 4.78 is 2.35. The Morgan fingerprint density at radius 1 is 1.41 bits per heavy atom. The topological polar surface area (TPSA) is 29.3 Å². The van der Waals surface area contributed by atoms with Gasteiger partial charge in [-0.15, -0.1) is 0 Å². The molecule has 0 aliphatic carbocycles. The number of pyridine rings is 1. The van der Waals surface area contributed by atoms with Gasteiger partial charge in [-0.1, -0.05) is 19.9 Å². The Labute approximate surface area is 102 Å². The van der Waals surface area contributed by atoms with Crippen molar-refractivity contribution < 1.29 is 0 Å². The fourth-order valence-corrected chi connectivity index (χ4v) is 2.73. The van der Waals surface area contributed by atoms with Crippen molar-refractivity contribution in [2.24, 2.45) is 0 Å². The molecule has 1 aliphatic rings. The van der Waals surface area contributed by atoms with Crippen molar-refractivity contribution in [3.8, 4) is 0 Å². The van der Waals surface area contributed by atoms with E-state index in [1.165, 1.54) is 23.5 Å². The standard InChI is InChI=1S/C14H19N3/c1-10(2)14-16-9-12-4-3-5-13(17(12)14)11-6-7-15-8-11/h3-5,9-11,15H,6-8H2,1-2H3. The predicted molar refractivity (Wildman–Crippen MR) is 69.5 cm³/mol. The number of hydrogen-bond donors (Lipinski definition) is 1. The largest absolute Gasteiger partial charge is 0.316 e. The minimum Gasteiger partial charge on any atom is -0.316 e. The van der Waals surface area contributed by atoms with E-state index in [4.69, 9.17) is 0 Å². The van der Waals surface area contributed by atoms with E-state index < -0.39 is 0 Å². The van der Waals surface area contributed by atoms with Gasteiger partial charge in [-0.3, -0.25) is 0 Å². The molecular formula is C14H19N3. The molecule has 1 aliphatic heterocycles. The summed E-state index contributed by atoms with van der Waals surface area (Å²) >= 11 is 0. The van der Waals surface area contributed by atoms with E-state index in [1.54, 1.807) is 0 Å². The third-order valence-electron chi connectivity index (χ3n) is 3.60. The highest BCUT2D eigenvalue weighted by molar-refractivity contribution is 5.48. The van der Waals surface area contributed by atoms with Crippen LogP contribution in [0.25, 0.3) is 5.52 Å². The van der Waals surface area contributed by atoms with E-state index in [0.717, 1.165) is 13.1 Å². The summed E-state index contributed by atoms with van der Waals surface area (Å²) in [7, 11) is 0. The molecule has 1 N–H and O–H groups in total. The SMILES string of the molecule is CC(C)c1ncc2cccc(C3CCNC3)n12. The summed E-state index contributed by atoms with van der Waals surface area (Å²) in [5.74, 6) is 2.28. The molecule has 0 radical (unpaired) electrons. The highest BCUT2D eigenvalue weighted by Crippen LogP contribution is 2.26. The number of imidazole rings is 1. The normalized spacial score (nSPS) is 20.5. The molecule has 0 spiro atoms. The van der Waals surface area contributed by atoms with Crippen LogP contribution in [0.3, 0.4) is 0 Å². The lowest BCUT2D eigenvalue weighted by Crippen LogP contribution is -2.12. The molecule has 0 bridgehead atoms. The zero-order valence-electron chi connectivity index (χ0n) is 10.5. The van der Waals surface area contributed by atoms with Crippen molar-refractivity contribution in [2.75, 3.05) is 13.1 Å². The number of nitrogens with one attached hydrogen (secondary N) is 1. The van der Waals surface area contributed by atoms with Crippen LogP contribution < -0.4 is 5.32 Å².